The van der Waals surface area contributed by atoms with Gasteiger partial charge < -0.3 is 10.2 Å². The van der Waals surface area contributed by atoms with Crippen molar-refractivity contribution in [1.82, 2.24) is 10.2 Å². The molecule has 1 amide bonds. The first-order chi connectivity index (χ1) is 9.74. The van der Waals surface area contributed by atoms with Gasteiger partial charge in [-0.1, -0.05) is 24.3 Å². The van der Waals surface area contributed by atoms with Crippen molar-refractivity contribution in [3.63, 3.8) is 0 Å². The van der Waals surface area contributed by atoms with Gasteiger partial charge in [0.25, 0.3) is 0 Å². The molecule has 0 aromatic heterocycles. The predicted octanol–water partition coefficient (Wildman–Crippen LogP) is 2.42. The third kappa shape index (κ3) is 3.78. The molecule has 3 nitrogen and oxygen atoms in total. The highest BCUT2D eigenvalue weighted by Crippen LogP contribution is 2.28. The highest BCUT2D eigenvalue weighted by Gasteiger charge is 2.26. The first kappa shape index (κ1) is 16.3. The molecule has 1 aromatic carbocycles. The van der Waals surface area contributed by atoms with E-state index in [-0.39, 0.29) is 12.4 Å². The first-order valence-corrected chi connectivity index (χ1v) is 7.77. The van der Waals surface area contributed by atoms with E-state index < -0.39 is 0 Å². The molecule has 0 spiro atoms. The molecular weight excluding hydrogens is 284 g/mol. The number of hydrogen-bond donors (Lipinski definition) is 1. The molecule has 1 aromatic rings. The topological polar surface area (TPSA) is 32.3 Å². The lowest BCUT2D eigenvalue weighted by Crippen LogP contribution is -2.39. The number of nitrogens with zero attached hydrogens (tertiary/aromatic N) is 1. The zero-order valence-electron chi connectivity index (χ0n) is 12.7. The standard InChI is InChI=1S/C17H24N2O.ClH/c1-19(16-8-9-18-12-16)17(20)11-13-6-7-14-4-2-3-5-15(14)10-13;/h2-5,13,16,18H,6-12H2,1H3;1H. The van der Waals surface area contributed by atoms with Crippen molar-refractivity contribution < 1.29 is 4.79 Å². The van der Waals surface area contributed by atoms with Gasteiger partial charge in [0.2, 0.25) is 5.91 Å². The Bertz CT molecular complexity index is 485. The van der Waals surface area contributed by atoms with Crippen molar-refractivity contribution in [3.05, 3.63) is 35.4 Å². The summed E-state index contributed by atoms with van der Waals surface area (Å²) < 4.78 is 0. The molecule has 0 saturated carbocycles. The molecule has 1 aliphatic carbocycles. The Hall–Kier alpha value is -1.06. The Morgan fingerprint density at radius 3 is 2.76 bits per heavy atom. The van der Waals surface area contributed by atoms with Crippen LogP contribution >= 0.6 is 12.4 Å². The van der Waals surface area contributed by atoms with E-state index >= 15 is 0 Å². The Morgan fingerprint density at radius 2 is 2.05 bits per heavy atom. The van der Waals surface area contributed by atoms with Crippen molar-refractivity contribution in [2.24, 2.45) is 5.92 Å². The molecule has 1 aliphatic heterocycles. The molecule has 2 atom stereocenters. The van der Waals surface area contributed by atoms with Crippen LogP contribution in [0.1, 0.15) is 30.4 Å². The predicted molar refractivity (Wildman–Crippen MR) is 87.9 cm³/mol. The van der Waals surface area contributed by atoms with Crippen LogP contribution in [0.5, 0.6) is 0 Å². The van der Waals surface area contributed by atoms with E-state index in [2.05, 4.69) is 29.6 Å². The van der Waals surface area contributed by atoms with Crippen LogP contribution in [-0.4, -0.2) is 37.0 Å². The van der Waals surface area contributed by atoms with Crippen LogP contribution in [0.4, 0.5) is 0 Å². The van der Waals surface area contributed by atoms with Crippen LogP contribution in [0.25, 0.3) is 0 Å². The molecule has 2 unspecified atom stereocenters. The number of nitrogens with one attached hydrogen (secondary N) is 1. The molecule has 2 aliphatic rings. The highest BCUT2D eigenvalue weighted by atomic mass is 35.5. The van der Waals surface area contributed by atoms with E-state index in [4.69, 9.17) is 0 Å². The number of aryl methyl sites for hydroxylation is 1. The first-order valence-electron chi connectivity index (χ1n) is 7.77. The number of benzene rings is 1. The number of carbonyl (C=O) groups is 1. The molecule has 21 heavy (non-hydrogen) atoms. The number of rotatable bonds is 3. The van der Waals surface area contributed by atoms with Gasteiger partial charge in [-0.25, -0.2) is 0 Å². The maximum absolute atomic E-state index is 12.4. The van der Waals surface area contributed by atoms with Crippen LogP contribution in [0.3, 0.4) is 0 Å². The van der Waals surface area contributed by atoms with Gasteiger partial charge in [-0.3, -0.25) is 4.79 Å². The monoisotopic (exact) mass is 308 g/mol. The summed E-state index contributed by atoms with van der Waals surface area (Å²) in [5, 5.41) is 3.33. The largest absolute Gasteiger partial charge is 0.341 e. The Morgan fingerprint density at radius 1 is 1.29 bits per heavy atom. The molecular formula is C17H25ClN2O. The van der Waals surface area contributed by atoms with E-state index in [9.17, 15) is 4.79 Å². The minimum atomic E-state index is 0. The summed E-state index contributed by atoms with van der Waals surface area (Å²) in [6.45, 7) is 1.99. The van der Waals surface area contributed by atoms with Crippen LogP contribution in [0.2, 0.25) is 0 Å². The second-order valence-electron chi connectivity index (χ2n) is 6.23. The van der Waals surface area contributed by atoms with Gasteiger partial charge in [0.05, 0.1) is 0 Å². The molecule has 1 N–H and O–H groups in total. The van der Waals surface area contributed by atoms with Gasteiger partial charge in [0.1, 0.15) is 0 Å². The average molecular weight is 309 g/mol. The molecule has 1 fully saturated rings. The van der Waals surface area contributed by atoms with Gasteiger partial charge in [0, 0.05) is 26.1 Å². The van der Waals surface area contributed by atoms with Crippen molar-refractivity contribution in [1.29, 1.82) is 0 Å². The fourth-order valence-corrected chi connectivity index (χ4v) is 3.51. The molecule has 1 heterocycles. The minimum absolute atomic E-state index is 0. The number of hydrogen-bond acceptors (Lipinski definition) is 2. The van der Waals surface area contributed by atoms with E-state index in [1.165, 1.54) is 11.1 Å². The van der Waals surface area contributed by atoms with Gasteiger partial charge in [-0.05, 0) is 49.3 Å². The van der Waals surface area contributed by atoms with Gasteiger partial charge in [0.15, 0.2) is 0 Å². The SMILES string of the molecule is CN(C(=O)CC1CCc2ccccc2C1)C1CCNC1.Cl. The lowest BCUT2D eigenvalue weighted by molar-refractivity contribution is -0.132. The quantitative estimate of drug-likeness (QED) is 0.930. The van der Waals surface area contributed by atoms with E-state index in [1.54, 1.807) is 0 Å². The zero-order chi connectivity index (χ0) is 13.9. The maximum Gasteiger partial charge on any atom is 0.222 e. The van der Waals surface area contributed by atoms with Gasteiger partial charge >= 0.3 is 0 Å². The second kappa shape index (κ2) is 7.28. The number of fused-ring (bicyclic) bond motifs is 1. The van der Waals surface area contributed by atoms with Crippen molar-refractivity contribution >= 4 is 18.3 Å². The summed E-state index contributed by atoms with van der Waals surface area (Å²) in [6, 6.07) is 9.07. The summed E-state index contributed by atoms with van der Waals surface area (Å²) in [6.07, 6.45) is 5.15. The highest BCUT2D eigenvalue weighted by molar-refractivity contribution is 5.85. The smallest absolute Gasteiger partial charge is 0.222 e. The summed E-state index contributed by atoms with van der Waals surface area (Å²) in [4.78, 5) is 14.4. The summed E-state index contributed by atoms with van der Waals surface area (Å²) >= 11 is 0. The van der Waals surface area contributed by atoms with Crippen LogP contribution < -0.4 is 5.32 Å². The van der Waals surface area contributed by atoms with Crippen LogP contribution in [0, 0.1) is 5.92 Å². The summed E-state index contributed by atoms with van der Waals surface area (Å²) in [7, 11) is 1.97. The Kier molecular flexibility index (Phi) is 5.65. The molecule has 0 radical (unpaired) electrons. The van der Waals surface area contributed by atoms with Crippen molar-refractivity contribution in [2.75, 3.05) is 20.1 Å². The van der Waals surface area contributed by atoms with E-state index in [0.29, 0.717) is 24.3 Å². The lowest BCUT2D eigenvalue weighted by atomic mass is 9.82. The van der Waals surface area contributed by atoms with Crippen molar-refractivity contribution in [2.45, 2.75) is 38.1 Å². The third-order valence-electron chi connectivity index (χ3n) is 4.89. The van der Waals surface area contributed by atoms with Gasteiger partial charge in [-0.15, -0.1) is 12.4 Å². The molecule has 3 rings (SSSR count). The molecule has 116 valence electrons. The number of carbonyl (C=O) groups excluding carboxylic acids is 1. The molecule has 4 heteroatoms. The summed E-state index contributed by atoms with van der Waals surface area (Å²) in [5.41, 5.74) is 2.92. The average Bonchev–Trinajstić information content (AvgIpc) is 3.00. The van der Waals surface area contributed by atoms with Crippen LogP contribution in [-0.2, 0) is 17.6 Å². The number of halogens is 1. The fourth-order valence-electron chi connectivity index (χ4n) is 3.51. The Balaban J connectivity index is 0.00000161. The second-order valence-corrected chi connectivity index (χ2v) is 6.23. The van der Waals surface area contributed by atoms with Crippen LogP contribution in [0.15, 0.2) is 24.3 Å². The zero-order valence-corrected chi connectivity index (χ0v) is 13.5. The summed E-state index contributed by atoms with van der Waals surface area (Å²) in [5.74, 6) is 0.845. The van der Waals surface area contributed by atoms with E-state index in [1.807, 2.05) is 11.9 Å². The normalized spacial score (nSPS) is 24.0. The van der Waals surface area contributed by atoms with Crippen molar-refractivity contribution in [3.8, 4) is 0 Å². The van der Waals surface area contributed by atoms with Gasteiger partial charge in [-0.2, -0.15) is 0 Å². The molecule has 1 saturated heterocycles. The maximum atomic E-state index is 12.4. The Labute approximate surface area is 133 Å². The number of amides is 1. The lowest BCUT2D eigenvalue weighted by Gasteiger charge is -2.28. The third-order valence-corrected chi connectivity index (χ3v) is 4.89. The molecule has 0 bridgehead atoms. The van der Waals surface area contributed by atoms with E-state index in [0.717, 1.165) is 38.8 Å². The minimum Gasteiger partial charge on any atom is -0.341 e. The number of likely N-dealkylation sites (N-methyl/N-ethyl adjacent to an activating group) is 1. The fraction of sp³-hybridized carbons (Fsp3) is 0.588.